The van der Waals surface area contributed by atoms with Crippen molar-refractivity contribution in [3.05, 3.63) is 48.0 Å². The molecule has 2 nitrogen and oxygen atoms in total. The molecule has 0 N–H and O–H groups in total. The molecule has 13 heavy (non-hydrogen) atoms. The minimum absolute atomic E-state index is 0.300. The van der Waals surface area contributed by atoms with Crippen LogP contribution in [0.4, 0.5) is 0 Å². The fourth-order valence-electron chi connectivity index (χ4n) is 0.913. The lowest BCUT2D eigenvalue weighted by molar-refractivity contribution is -0.139. The highest BCUT2D eigenvalue weighted by molar-refractivity contribution is 5.81. The van der Waals surface area contributed by atoms with Crippen LogP contribution >= 0.6 is 0 Å². The molecule has 68 valence electrons. The zero-order chi connectivity index (χ0) is 9.52. The molecule has 0 bridgehead atoms. The third kappa shape index (κ3) is 3.56. The van der Waals surface area contributed by atoms with E-state index in [1.54, 1.807) is 13.0 Å². The van der Waals surface area contributed by atoms with Crippen LogP contribution in [0.15, 0.2) is 42.5 Å². The molecule has 0 unspecified atom stereocenters. The number of carbonyl (C=O) groups is 1. The maximum absolute atomic E-state index is 10.9. The van der Waals surface area contributed by atoms with Crippen LogP contribution < -0.4 is 0 Å². The predicted molar refractivity (Wildman–Crippen MR) is 51.1 cm³/mol. The molecule has 0 aliphatic heterocycles. The molecule has 0 aliphatic carbocycles. The lowest BCUT2D eigenvalue weighted by Gasteiger charge is -2.00. The number of hydrogen-bond donors (Lipinski definition) is 0. The third-order valence-corrected chi connectivity index (χ3v) is 1.53. The zero-order valence-corrected chi connectivity index (χ0v) is 7.57. The highest BCUT2D eigenvalue weighted by Crippen LogP contribution is 2.00. The van der Waals surface area contributed by atoms with E-state index in [1.807, 2.05) is 30.3 Å². The van der Waals surface area contributed by atoms with Gasteiger partial charge in [0.2, 0.25) is 0 Å². The van der Waals surface area contributed by atoms with Gasteiger partial charge in [-0.1, -0.05) is 36.4 Å². The maximum atomic E-state index is 10.9. The van der Waals surface area contributed by atoms with Gasteiger partial charge in [0.05, 0.1) is 0 Å². The second-order valence-corrected chi connectivity index (χ2v) is 2.59. The van der Waals surface area contributed by atoms with Gasteiger partial charge < -0.3 is 4.74 Å². The molecular formula is C11H12O2. The molecule has 0 aromatic heterocycles. The van der Waals surface area contributed by atoms with Gasteiger partial charge in [-0.3, -0.25) is 0 Å². The van der Waals surface area contributed by atoms with Gasteiger partial charge in [-0.15, -0.1) is 0 Å². The highest BCUT2D eigenvalue weighted by atomic mass is 16.5. The Morgan fingerprint density at radius 3 is 2.69 bits per heavy atom. The number of hydrogen-bond acceptors (Lipinski definition) is 2. The van der Waals surface area contributed by atoms with Crippen LogP contribution in [0.3, 0.4) is 0 Å². The van der Waals surface area contributed by atoms with Gasteiger partial charge in [0.15, 0.2) is 0 Å². The van der Waals surface area contributed by atoms with Crippen molar-refractivity contribution in [2.45, 2.75) is 13.5 Å². The second kappa shape index (κ2) is 5.14. The number of allylic oxidation sites excluding steroid dienone is 1. The molecule has 0 fully saturated rings. The summed E-state index contributed by atoms with van der Waals surface area (Å²) < 4.78 is 4.94. The smallest absolute Gasteiger partial charge is 0.330 e. The van der Waals surface area contributed by atoms with Crippen molar-refractivity contribution in [1.29, 1.82) is 0 Å². The third-order valence-electron chi connectivity index (χ3n) is 1.53. The average molecular weight is 176 g/mol. The van der Waals surface area contributed by atoms with Crippen LogP contribution in [0.1, 0.15) is 12.5 Å². The fourth-order valence-corrected chi connectivity index (χ4v) is 0.913. The Hall–Kier alpha value is -1.57. The summed E-state index contributed by atoms with van der Waals surface area (Å²) in [5, 5.41) is 0. The van der Waals surface area contributed by atoms with Crippen molar-refractivity contribution < 1.29 is 9.53 Å². The molecule has 0 saturated carbocycles. The van der Waals surface area contributed by atoms with Crippen LogP contribution in [0.25, 0.3) is 0 Å². The molecule has 0 atom stereocenters. The van der Waals surface area contributed by atoms with Crippen molar-refractivity contribution in [2.75, 3.05) is 0 Å². The minimum atomic E-state index is -0.300. The summed E-state index contributed by atoms with van der Waals surface area (Å²) in [6.45, 7) is 2.12. The monoisotopic (exact) mass is 176 g/mol. The summed E-state index contributed by atoms with van der Waals surface area (Å²) in [7, 11) is 0. The van der Waals surface area contributed by atoms with Crippen molar-refractivity contribution in [3.63, 3.8) is 0 Å². The second-order valence-electron chi connectivity index (χ2n) is 2.59. The molecule has 0 heterocycles. The van der Waals surface area contributed by atoms with E-state index in [9.17, 15) is 4.79 Å². The van der Waals surface area contributed by atoms with Crippen LogP contribution in [-0.4, -0.2) is 5.97 Å². The molecule has 0 spiro atoms. The lowest BCUT2D eigenvalue weighted by atomic mass is 10.2. The van der Waals surface area contributed by atoms with Crippen molar-refractivity contribution in [1.82, 2.24) is 0 Å². The van der Waals surface area contributed by atoms with Crippen LogP contribution in [0, 0.1) is 0 Å². The van der Waals surface area contributed by atoms with Gasteiger partial charge in [-0.25, -0.2) is 4.79 Å². The van der Waals surface area contributed by atoms with Gasteiger partial charge in [0.25, 0.3) is 0 Å². The molecule has 0 aliphatic rings. The van der Waals surface area contributed by atoms with Gasteiger partial charge in [0, 0.05) is 6.08 Å². The Balaban J connectivity index is 2.40. The van der Waals surface area contributed by atoms with E-state index in [1.165, 1.54) is 6.08 Å². The van der Waals surface area contributed by atoms with E-state index < -0.39 is 0 Å². The number of esters is 1. The Morgan fingerprint density at radius 1 is 1.38 bits per heavy atom. The molecule has 0 amide bonds. The van der Waals surface area contributed by atoms with Crippen LogP contribution in [0.2, 0.25) is 0 Å². The van der Waals surface area contributed by atoms with E-state index >= 15 is 0 Å². The molecule has 0 radical (unpaired) electrons. The maximum Gasteiger partial charge on any atom is 0.330 e. The summed E-state index contributed by atoms with van der Waals surface area (Å²) >= 11 is 0. The van der Waals surface area contributed by atoms with E-state index in [2.05, 4.69) is 0 Å². The van der Waals surface area contributed by atoms with Gasteiger partial charge in [0.1, 0.15) is 6.61 Å². The topological polar surface area (TPSA) is 26.3 Å². The van der Waals surface area contributed by atoms with E-state index in [0.29, 0.717) is 6.61 Å². The quantitative estimate of drug-likeness (QED) is 0.521. The zero-order valence-electron chi connectivity index (χ0n) is 7.57. The first kappa shape index (κ1) is 9.52. The Labute approximate surface area is 77.8 Å². The van der Waals surface area contributed by atoms with E-state index in [4.69, 9.17) is 4.74 Å². The van der Waals surface area contributed by atoms with Gasteiger partial charge >= 0.3 is 5.97 Å². The molecular weight excluding hydrogens is 164 g/mol. The summed E-state index contributed by atoms with van der Waals surface area (Å²) in [4.78, 5) is 10.9. The van der Waals surface area contributed by atoms with E-state index in [-0.39, 0.29) is 5.97 Å². The summed E-state index contributed by atoms with van der Waals surface area (Å²) in [6, 6.07) is 9.60. The average Bonchev–Trinajstić information content (AvgIpc) is 2.17. The van der Waals surface area contributed by atoms with Gasteiger partial charge in [-0.2, -0.15) is 0 Å². The largest absolute Gasteiger partial charge is 0.458 e. The number of benzene rings is 1. The standard InChI is InChI=1S/C11H12O2/c1-2-6-11(12)13-9-10-7-4-3-5-8-10/h2-8H,9H2,1H3. The molecule has 1 rings (SSSR count). The molecule has 2 heteroatoms. The summed E-state index contributed by atoms with van der Waals surface area (Å²) in [5.41, 5.74) is 1.00. The summed E-state index contributed by atoms with van der Waals surface area (Å²) in [5.74, 6) is -0.300. The Bertz CT molecular complexity index is 288. The highest BCUT2D eigenvalue weighted by Gasteiger charge is 1.96. The minimum Gasteiger partial charge on any atom is -0.458 e. The first-order valence-electron chi connectivity index (χ1n) is 4.16. The number of rotatable bonds is 3. The van der Waals surface area contributed by atoms with Gasteiger partial charge in [-0.05, 0) is 12.5 Å². The van der Waals surface area contributed by atoms with Crippen molar-refractivity contribution in [2.24, 2.45) is 0 Å². The molecule has 0 saturated heterocycles. The predicted octanol–water partition coefficient (Wildman–Crippen LogP) is 2.31. The molecule has 1 aromatic carbocycles. The number of carbonyl (C=O) groups excluding carboxylic acids is 1. The van der Waals surface area contributed by atoms with Crippen molar-refractivity contribution in [3.8, 4) is 0 Å². The first-order valence-corrected chi connectivity index (χ1v) is 4.16. The Morgan fingerprint density at radius 2 is 2.08 bits per heavy atom. The van der Waals surface area contributed by atoms with Crippen LogP contribution in [-0.2, 0) is 16.1 Å². The normalized spacial score (nSPS) is 10.2. The van der Waals surface area contributed by atoms with E-state index in [0.717, 1.165) is 5.56 Å². The first-order chi connectivity index (χ1) is 6.33. The Kier molecular flexibility index (Phi) is 3.76. The lowest BCUT2D eigenvalue weighted by Crippen LogP contribution is -2.00. The van der Waals surface area contributed by atoms with Crippen LogP contribution in [0.5, 0.6) is 0 Å². The van der Waals surface area contributed by atoms with Crippen molar-refractivity contribution >= 4 is 5.97 Å². The SMILES string of the molecule is CC=CC(=O)OCc1ccccc1. The number of ether oxygens (including phenoxy) is 1. The molecule has 1 aromatic rings. The fraction of sp³-hybridized carbons (Fsp3) is 0.182. The summed E-state index contributed by atoms with van der Waals surface area (Å²) in [6.07, 6.45) is 3.07.